The molecule has 0 saturated heterocycles. The number of hydrogen-bond acceptors (Lipinski definition) is 5. The Morgan fingerprint density at radius 1 is 1.27 bits per heavy atom. The summed E-state index contributed by atoms with van der Waals surface area (Å²) in [7, 11) is 0. The summed E-state index contributed by atoms with van der Waals surface area (Å²) in [6, 6.07) is 12.5. The number of rotatable bonds is 8. The molecule has 0 bridgehead atoms. The van der Waals surface area contributed by atoms with E-state index in [0.29, 0.717) is 28.0 Å². The van der Waals surface area contributed by atoms with Crippen LogP contribution in [0.25, 0.3) is 5.69 Å². The third-order valence-electron chi connectivity index (χ3n) is 4.14. The molecule has 0 atom stereocenters. The van der Waals surface area contributed by atoms with Crippen molar-refractivity contribution in [2.24, 2.45) is 0 Å². The van der Waals surface area contributed by atoms with E-state index in [-0.39, 0.29) is 17.6 Å². The lowest BCUT2D eigenvalue weighted by Crippen LogP contribution is -2.25. The maximum atomic E-state index is 12.5. The first-order chi connectivity index (χ1) is 14.5. The van der Waals surface area contributed by atoms with Crippen LogP contribution in [0.1, 0.15) is 15.9 Å². The van der Waals surface area contributed by atoms with Crippen LogP contribution >= 0.6 is 23.4 Å². The molecule has 7 nitrogen and oxygen atoms in total. The van der Waals surface area contributed by atoms with Crippen LogP contribution in [0.15, 0.2) is 66.6 Å². The lowest BCUT2D eigenvalue weighted by molar-refractivity contribution is -0.113. The Balaban J connectivity index is 1.67. The average molecular weight is 442 g/mol. The standard InChI is InChI=1S/C21H20ClN5O2S/c1-3-10-23-20(29)16-6-4-5-7-18(16)25-19(28)12-30-21-26-24-13-27(21)15-9-8-14(2)17(22)11-15/h3-9,11,13H,1,10,12H2,2H3,(H,23,29)(H,25,28). The van der Waals surface area contributed by atoms with Gasteiger partial charge in [0.1, 0.15) is 6.33 Å². The van der Waals surface area contributed by atoms with Crippen LogP contribution in [0.3, 0.4) is 0 Å². The van der Waals surface area contributed by atoms with Crippen LogP contribution in [0.2, 0.25) is 5.02 Å². The summed E-state index contributed by atoms with van der Waals surface area (Å²) in [6.45, 7) is 5.84. The molecule has 154 valence electrons. The van der Waals surface area contributed by atoms with Crippen molar-refractivity contribution >= 4 is 40.9 Å². The third kappa shape index (κ3) is 5.28. The number of anilines is 1. The molecule has 3 aromatic rings. The summed E-state index contributed by atoms with van der Waals surface area (Å²) in [5.41, 5.74) is 2.60. The Labute approximate surface area is 183 Å². The number of thioether (sulfide) groups is 1. The zero-order valence-corrected chi connectivity index (χ0v) is 17.8. The summed E-state index contributed by atoms with van der Waals surface area (Å²) >= 11 is 7.44. The second-order valence-electron chi connectivity index (χ2n) is 6.30. The predicted molar refractivity (Wildman–Crippen MR) is 119 cm³/mol. The molecular formula is C21H20ClN5O2S. The Kier molecular flexibility index (Phi) is 7.26. The number of halogens is 1. The van der Waals surface area contributed by atoms with Crippen molar-refractivity contribution in [3.63, 3.8) is 0 Å². The number of aryl methyl sites for hydroxylation is 1. The maximum absolute atomic E-state index is 12.5. The Hall–Kier alpha value is -3.10. The van der Waals surface area contributed by atoms with Gasteiger partial charge in [0.25, 0.3) is 5.91 Å². The van der Waals surface area contributed by atoms with Crippen LogP contribution in [0.5, 0.6) is 0 Å². The first kappa shape index (κ1) is 21.6. The van der Waals surface area contributed by atoms with E-state index >= 15 is 0 Å². The molecule has 0 aliphatic rings. The molecule has 0 aliphatic carbocycles. The molecule has 2 amide bonds. The smallest absolute Gasteiger partial charge is 0.253 e. The summed E-state index contributed by atoms with van der Waals surface area (Å²) in [6.07, 6.45) is 3.16. The van der Waals surface area contributed by atoms with Gasteiger partial charge in [0.2, 0.25) is 5.91 Å². The van der Waals surface area contributed by atoms with Gasteiger partial charge in [0.05, 0.1) is 22.7 Å². The van der Waals surface area contributed by atoms with Crippen molar-refractivity contribution in [1.29, 1.82) is 0 Å². The fourth-order valence-electron chi connectivity index (χ4n) is 2.60. The van der Waals surface area contributed by atoms with Gasteiger partial charge in [0.15, 0.2) is 5.16 Å². The van der Waals surface area contributed by atoms with E-state index in [1.807, 2.05) is 25.1 Å². The van der Waals surface area contributed by atoms with Gasteiger partial charge in [0, 0.05) is 11.6 Å². The van der Waals surface area contributed by atoms with Crippen molar-refractivity contribution in [2.45, 2.75) is 12.1 Å². The molecule has 1 aromatic heterocycles. The molecule has 2 aromatic carbocycles. The van der Waals surface area contributed by atoms with Gasteiger partial charge >= 0.3 is 0 Å². The third-order valence-corrected chi connectivity index (χ3v) is 5.49. The highest BCUT2D eigenvalue weighted by atomic mass is 35.5. The first-order valence-corrected chi connectivity index (χ1v) is 10.4. The zero-order chi connectivity index (χ0) is 21.5. The number of nitrogens with one attached hydrogen (secondary N) is 2. The minimum absolute atomic E-state index is 0.0981. The maximum Gasteiger partial charge on any atom is 0.253 e. The van der Waals surface area contributed by atoms with Crippen molar-refractivity contribution in [1.82, 2.24) is 20.1 Å². The summed E-state index contributed by atoms with van der Waals surface area (Å²) in [4.78, 5) is 24.7. The fourth-order valence-corrected chi connectivity index (χ4v) is 3.50. The molecule has 30 heavy (non-hydrogen) atoms. The Morgan fingerprint density at radius 3 is 2.83 bits per heavy atom. The van der Waals surface area contributed by atoms with Crippen LogP contribution in [-0.2, 0) is 4.79 Å². The molecular weight excluding hydrogens is 422 g/mol. The number of benzene rings is 2. The largest absolute Gasteiger partial charge is 0.349 e. The number of amides is 2. The van der Waals surface area contributed by atoms with Crippen LogP contribution in [0, 0.1) is 6.92 Å². The Morgan fingerprint density at radius 2 is 2.07 bits per heavy atom. The SMILES string of the molecule is C=CCNC(=O)c1ccccc1NC(=O)CSc1nncn1-c1ccc(C)c(Cl)c1. The number of aromatic nitrogens is 3. The van der Waals surface area contributed by atoms with E-state index in [9.17, 15) is 9.59 Å². The summed E-state index contributed by atoms with van der Waals surface area (Å²) in [5, 5.41) is 14.7. The van der Waals surface area contributed by atoms with E-state index in [1.54, 1.807) is 41.2 Å². The molecule has 0 saturated carbocycles. The highest BCUT2D eigenvalue weighted by Crippen LogP contribution is 2.24. The van der Waals surface area contributed by atoms with E-state index < -0.39 is 0 Å². The number of hydrogen-bond donors (Lipinski definition) is 2. The molecule has 0 aliphatic heterocycles. The number of nitrogens with zero attached hydrogens (tertiary/aromatic N) is 3. The first-order valence-electron chi connectivity index (χ1n) is 9.07. The van der Waals surface area contributed by atoms with Gasteiger partial charge in [-0.05, 0) is 36.8 Å². The lowest BCUT2D eigenvalue weighted by Gasteiger charge is -2.11. The van der Waals surface area contributed by atoms with Crippen molar-refractivity contribution in [3.05, 3.63) is 77.6 Å². The van der Waals surface area contributed by atoms with E-state index in [0.717, 1.165) is 11.3 Å². The van der Waals surface area contributed by atoms with Crippen LogP contribution in [0.4, 0.5) is 5.69 Å². The highest BCUT2D eigenvalue weighted by Gasteiger charge is 2.14. The zero-order valence-electron chi connectivity index (χ0n) is 16.3. The Bertz CT molecular complexity index is 1080. The normalized spacial score (nSPS) is 10.5. The van der Waals surface area contributed by atoms with Gasteiger partial charge in [-0.15, -0.1) is 16.8 Å². The minimum atomic E-state index is -0.283. The number of para-hydroxylation sites is 1. The quantitative estimate of drug-likeness (QED) is 0.409. The number of carbonyl (C=O) groups is 2. The average Bonchev–Trinajstić information content (AvgIpc) is 3.21. The van der Waals surface area contributed by atoms with Gasteiger partial charge in [-0.1, -0.05) is 47.6 Å². The number of carbonyl (C=O) groups excluding carboxylic acids is 2. The lowest BCUT2D eigenvalue weighted by atomic mass is 10.1. The monoisotopic (exact) mass is 441 g/mol. The molecule has 0 radical (unpaired) electrons. The van der Waals surface area contributed by atoms with Gasteiger partial charge in [-0.25, -0.2) is 0 Å². The van der Waals surface area contributed by atoms with Gasteiger partial charge < -0.3 is 10.6 Å². The second kappa shape index (κ2) is 10.1. The molecule has 0 unspecified atom stereocenters. The molecule has 9 heteroatoms. The van der Waals surface area contributed by atoms with Crippen LogP contribution in [-0.4, -0.2) is 38.9 Å². The summed E-state index contributed by atoms with van der Waals surface area (Å²) < 4.78 is 1.76. The second-order valence-corrected chi connectivity index (χ2v) is 7.65. The van der Waals surface area contributed by atoms with Crippen molar-refractivity contribution < 1.29 is 9.59 Å². The minimum Gasteiger partial charge on any atom is -0.349 e. The van der Waals surface area contributed by atoms with Gasteiger partial charge in [-0.3, -0.25) is 14.2 Å². The topological polar surface area (TPSA) is 88.9 Å². The predicted octanol–water partition coefficient (Wildman–Crippen LogP) is 3.88. The van der Waals surface area contributed by atoms with E-state index in [1.165, 1.54) is 11.8 Å². The molecule has 1 heterocycles. The summed E-state index contributed by atoms with van der Waals surface area (Å²) in [5.74, 6) is -0.448. The molecule has 0 spiro atoms. The fraction of sp³-hybridized carbons (Fsp3) is 0.143. The highest BCUT2D eigenvalue weighted by molar-refractivity contribution is 7.99. The van der Waals surface area contributed by atoms with E-state index in [4.69, 9.17) is 11.6 Å². The molecule has 0 fully saturated rings. The van der Waals surface area contributed by atoms with Crippen molar-refractivity contribution in [3.8, 4) is 5.69 Å². The molecule has 2 N–H and O–H groups in total. The van der Waals surface area contributed by atoms with E-state index in [2.05, 4.69) is 27.4 Å². The van der Waals surface area contributed by atoms with Crippen molar-refractivity contribution in [2.75, 3.05) is 17.6 Å². The van der Waals surface area contributed by atoms with Gasteiger partial charge in [-0.2, -0.15) is 0 Å². The molecule has 3 rings (SSSR count). The van der Waals surface area contributed by atoms with Crippen LogP contribution < -0.4 is 10.6 Å².